The molecule has 0 saturated heterocycles. The number of benzene rings is 1. The highest BCUT2D eigenvalue weighted by Gasteiger charge is 2.19. The number of nitrogens with one attached hydrogen (secondary N) is 2. The van der Waals surface area contributed by atoms with Crippen LogP contribution in [0.25, 0.3) is 0 Å². The third kappa shape index (κ3) is 4.52. The molecule has 124 valence electrons. The number of hydrogen-bond donors (Lipinski definition) is 2. The van der Waals surface area contributed by atoms with E-state index in [1.807, 2.05) is 32.2 Å². The normalized spacial score (nSPS) is 15.4. The van der Waals surface area contributed by atoms with Crippen LogP contribution in [-0.4, -0.2) is 32.7 Å². The Balaban J connectivity index is 0.00000242. The van der Waals surface area contributed by atoms with Crippen LogP contribution in [0.1, 0.15) is 31.9 Å². The number of hydrogen-bond acceptors (Lipinski definition) is 4. The zero-order chi connectivity index (χ0) is 15.2. The molecule has 1 aliphatic rings. The number of amides is 1. The molecule has 1 aromatic rings. The Labute approximate surface area is 138 Å². The molecule has 6 heteroatoms. The molecular formula is C16H25ClN2O3. The first-order valence-corrected chi connectivity index (χ1v) is 7.50. The molecule has 0 aliphatic carbocycles. The molecular weight excluding hydrogens is 304 g/mol. The molecule has 2 atom stereocenters. The van der Waals surface area contributed by atoms with E-state index in [4.69, 9.17) is 9.47 Å². The van der Waals surface area contributed by atoms with Crippen LogP contribution in [-0.2, 0) is 4.79 Å². The van der Waals surface area contributed by atoms with Gasteiger partial charge in [-0.2, -0.15) is 0 Å². The van der Waals surface area contributed by atoms with Crippen LogP contribution in [0, 0.1) is 5.92 Å². The summed E-state index contributed by atoms with van der Waals surface area (Å²) < 4.78 is 11.1. The SMILES string of the molecule is CCC(NC(=O)C(C)CNC)c1ccc2c(c1)OCCO2.Cl. The van der Waals surface area contributed by atoms with E-state index in [1.165, 1.54) is 0 Å². The topological polar surface area (TPSA) is 59.6 Å². The van der Waals surface area contributed by atoms with Gasteiger partial charge in [0.15, 0.2) is 11.5 Å². The van der Waals surface area contributed by atoms with Crippen molar-refractivity contribution in [2.24, 2.45) is 5.92 Å². The van der Waals surface area contributed by atoms with Gasteiger partial charge in [0.2, 0.25) is 5.91 Å². The summed E-state index contributed by atoms with van der Waals surface area (Å²) in [6.07, 6.45) is 0.831. The van der Waals surface area contributed by atoms with Gasteiger partial charge in [0.25, 0.3) is 0 Å². The summed E-state index contributed by atoms with van der Waals surface area (Å²) in [5, 5.41) is 6.12. The number of fused-ring (bicyclic) bond motifs is 1. The van der Waals surface area contributed by atoms with E-state index < -0.39 is 0 Å². The Morgan fingerprint density at radius 3 is 2.59 bits per heavy atom. The Hall–Kier alpha value is -1.46. The van der Waals surface area contributed by atoms with Crippen LogP contribution in [0.3, 0.4) is 0 Å². The first-order valence-electron chi connectivity index (χ1n) is 7.50. The highest BCUT2D eigenvalue weighted by Crippen LogP contribution is 2.33. The molecule has 22 heavy (non-hydrogen) atoms. The summed E-state index contributed by atoms with van der Waals surface area (Å²) in [4.78, 5) is 12.2. The first kappa shape index (κ1) is 18.6. The monoisotopic (exact) mass is 328 g/mol. The predicted molar refractivity (Wildman–Crippen MR) is 88.9 cm³/mol. The van der Waals surface area contributed by atoms with Crippen LogP contribution in [0.2, 0.25) is 0 Å². The molecule has 5 nitrogen and oxygen atoms in total. The van der Waals surface area contributed by atoms with Gasteiger partial charge in [-0.15, -0.1) is 12.4 Å². The van der Waals surface area contributed by atoms with E-state index in [1.54, 1.807) is 0 Å². The summed E-state index contributed by atoms with van der Waals surface area (Å²) in [6, 6.07) is 5.86. The summed E-state index contributed by atoms with van der Waals surface area (Å²) in [7, 11) is 1.85. The molecule has 0 radical (unpaired) electrons. The van der Waals surface area contributed by atoms with Crippen molar-refractivity contribution < 1.29 is 14.3 Å². The quantitative estimate of drug-likeness (QED) is 0.841. The van der Waals surface area contributed by atoms with Crippen molar-refractivity contribution in [2.75, 3.05) is 26.8 Å². The number of carbonyl (C=O) groups is 1. The zero-order valence-corrected chi connectivity index (χ0v) is 14.2. The molecule has 0 aromatic heterocycles. The molecule has 2 rings (SSSR count). The number of carbonyl (C=O) groups excluding carboxylic acids is 1. The Morgan fingerprint density at radius 2 is 1.95 bits per heavy atom. The van der Waals surface area contributed by atoms with Crippen molar-refractivity contribution >= 4 is 18.3 Å². The lowest BCUT2D eigenvalue weighted by Gasteiger charge is -2.23. The van der Waals surface area contributed by atoms with E-state index in [0.29, 0.717) is 19.8 Å². The minimum Gasteiger partial charge on any atom is -0.486 e. The maximum absolute atomic E-state index is 12.2. The molecule has 1 heterocycles. The number of ether oxygens (including phenoxy) is 2. The average Bonchev–Trinajstić information content (AvgIpc) is 2.52. The molecule has 2 N–H and O–H groups in total. The highest BCUT2D eigenvalue weighted by atomic mass is 35.5. The van der Waals surface area contributed by atoms with Crippen molar-refractivity contribution in [2.45, 2.75) is 26.3 Å². The Morgan fingerprint density at radius 1 is 1.27 bits per heavy atom. The van der Waals surface area contributed by atoms with Crippen LogP contribution in [0.15, 0.2) is 18.2 Å². The van der Waals surface area contributed by atoms with Gasteiger partial charge in [-0.05, 0) is 31.2 Å². The fourth-order valence-corrected chi connectivity index (χ4v) is 2.41. The lowest BCUT2D eigenvalue weighted by atomic mass is 10.0. The largest absolute Gasteiger partial charge is 0.486 e. The van der Waals surface area contributed by atoms with Gasteiger partial charge in [-0.3, -0.25) is 4.79 Å². The fourth-order valence-electron chi connectivity index (χ4n) is 2.41. The van der Waals surface area contributed by atoms with Gasteiger partial charge >= 0.3 is 0 Å². The third-order valence-corrected chi connectivity index (χ3v) is 3.65. The van der Waals surface area contributed by atoms with E-state index in [2.05, 4.69) is 17.6 Å². The van der Waals surface area contributed by atoms with Crippen molar-refractivity contribution in [3.05, 3.63) is 23.8 Å². The average molecular weight is 329 g/mol. The summed E-state index contributed by atoms with van der Waals surface area (Å²) in [5.74, 6) is 1.54. The smallest absolute Gasteiger partial charge is 0.224 e. The third-order valence-electron chi connectivity index (χ3n) is 3.65. The molecule has 0 fully saturated rings. The molecule has 2 unspecified atom stereocenters. The van der Waals surface area contributed by atoms with Gasteiger partial charge in [-0.1, -0.05) is 19.9 Å². The zero-order valence-electron chi connectivity index (χ0n) is 13.3. The van der Waals surface area contributed by atoms with Crippen molar-refractivity contribution in [1.82, 2.24) is 10.6 Å². The first-order chi connectivity index (χ1) is 10.2. The second-order valence-electron chi connectivity index (χ2n) is 5.33. The summed E-state index contributed by atoms with van der Waals surface area (Å²) in [6.45, 7) is 5.80. The molecule has 0 bridgehead atoms. The second-order valence-corrected chi connectivity index (χ2v) is 5.33. The molecule has 1 aliphatic heterocycles. The minimum absolute atomic E-state index is 0. The van der Waals surface area contributed by atoms with E-state index in [-0.39, 0.29) is 30.3 Å². The van der Waals surface area contributed by atoms with Gasteiger partial charge < -0.3 is 20.1 Å². The maximum atomic E-state index is 12.2. The lowest BCUT2D eigenvalue weighted by molar-refractivity contribution is -0.125. The van der Waals surface area contributed by atoms with Crippen LogP contribution in [0.5, 0.6) is 11.5 Å². The number of halogens is 1. The number of rotatable bonds is 6. The molecule has 0 saturated carbocycles. The minimum atomic E-state index is -0.0544. The molecule has 0 spiro atoms. The molecule has 1 aromatic carbocycles. The van der Waals surface area contributed by atoms with Crippen molar-refractivity contribution in [3.8, 4) is 11.5 Å². The van der Waals surface area contributed by atoms with Crippen LogP contribution in [0.4, 0.5) is 0 Å². The fraction of sp³-hybridized carbons (Fsp3) is 0.562. The standard InChI is InChI=1S/C16H24N2O3.ClH/c1-4-13(18-16(19)11(2)10-17-3)12-5-6-14-15(9-12)21-8-7-20-14;/h5-6,9,11,13,17H,4,7-8,10H2,1-3H3,(H,18,19);1H. The van der Waals surface area contributed by atoms with Gasteiger partial charge in [0, 0.05) is 12.5 Å². The lowest BCUT2D eigenvalue weighted by Crippen LogP contribution is -2.36. The van der Waals surface area contributed by atoms with Crippen LogP contribution >= 0.6 is 12.4 Å². The van der Waals surface area contributed by atoms with Gasteiger partial charge in [0.1, 0.15) is 13.2 Å². The maximum Gasteiger partial charge on any atom is 0.224 e. The van der Waals surface area contributed by atoms with E-state index in [9.17, 15) is 4.79 Å². The molecule has 1 amide bonds. The second kappa shape index (κ2) is 8.86. The summed E-state index contributed by atoms with van der Waals surface area (Å²) >= 11 is 0. The van der Waals surface area contributed by atoms with Crippen LogP contribution < -0.4 is 20.1 Å². The highest BCUT2D eigenvalue weighted by molar-refractivity contribution is 5.85. The van der Waals surface area contributed by atoms with E-state index >= 15 is 0 Å². The van der Waals surface area contributed by atoms with Crippen molar-refractivity contribution in [1.29, 1.82) is 0 Å². The van der Waals surface area contributed by atoms with Gasteiger partial charge in [-0.25, -0.2) is 0 Å². The predicted octanol–water partition coefficient (Wildman–Crippen LogP) is 2.30. The Bertz CT molecular complexity index is 496. The van der Waals surface area contributed by atoms with E-state index in [0.717, 1.165) is 23.5 Å². The van der Waals surface area contributed by atoms with Crippen molar-refractivity contribution in [3.63, 3.8) is 0 Å². The Kier molecular flexibility index (Phi) is 7.48. The van der Waals surface area contributed by atoms with Gasteiger partial charge in [0.05, 0.1) is 6.04 Å². The summed E-state index contributed by atoms with van der Waals surface area (Å²) in [5.41, 5.74) is 1.05.